The van der Waals surface area contributed by atoms with Crippen molar-refractivity contribution >= 4 is 21.7 Å². The molecule has 0 aliphatic heterocycles. The Kier molecular flexibility index (Phi) is 4.82. The number of carbonyl (C=O) groups is 1. The highest BCUT2D eigenvalue weighted by atomic mass is 32.2. The molecule has 2 rings (SSSR count). The van der Waals surface area contributed by atoms with Gasteiger partial charge >= 0.3 is 5.97 Å². The van der Waals surface area contributed by atoms with E-state index in [1.165, 1.54) is 0 Å². The number of anilines is 1. The highest BCUT2D eigenvalue weighted by Gasteiger charge is 2.22. The molecule has 1 aromatic rings. The Labute approximate surface area is 123 Å². The molecule has 1 saturated carbocycles. The van der Waals surface area contributed by atoms with E-state index in [9.17, 15) is 17.6 Å². The Hall–Kier alpha value is -1.63. The topological polar surface area (TPSA) is 83.5 Å². The number of halogens is 1. The van der Waals surface area contributed by atoms with Crippen LogP contribution in [0.1, 0.15) is 42.5 Å². The lowest BCUT2D eigenvalue weighted by Crippen LogP contribution is -2.24. The predicted molar refractivity (Wildman–Crippen MR) is 77.3 cm³/mol. The third-order valence-electron chi connectivity index (χ3n) is 3.66. The second kappa shape index (κ2) is 6.43. The average Bonchev–Trinajstić information content (AvgIpc) is 2.41. The second-order valence-electron chi connectivity index (χ2n) is 5.39. The van der Waals surface area contributed by atoms with E-state index in [4.69, 9.17) is 5.11 Å². The summed E-state index contributed by atoms with van der Waals surface area (Å²) in [4.78, 5) is 10.8. The van der Waals surface area contributed by atoms with Crippen LogP contribution in [0, 0.1) is 11.7 Å². The number of benzene rings is 1. The van der Waals surface area contributed by atoms with Crippen molar-refractivity contribution in [2.45, 2.75) is 32.1 Å². The van der Waals surface area contributed by atoms with Crippen LogP contribution < -0.4 is 4.72 Å². The largest absolute Gasteiger partial charge is 0.478 e. The SMILES string of the molecule is O=C(O)c1ccc(F)c(NS(=O)(=O)CC2CCCCC2)c1. The first-order chi connectivity index (χ1) is 9.87. The average molecular weight is 315 g/mol. The van der Waals surface area contributed by atoms with Crippen LogP contribution in [-0.4, -0.2) is 25.2 Å². The van der Waals surface area contributed by atoms with Crippen molar-refractivity contribution in [1.82, 2.24) is 0 Å². The van der Waals surface area contributed by atoms with E-state index in [0.29, 0.717) is 0 Å². The molecule has 7 heteroatoms. The standard InChI is InChI=1S/C14H18FNO4S/c15-12-7-6-11(14(17)18)8-13(12)16-21(19,20)9-10-4-2-1-3-5-10/h6-8,10,16H,1-5,9H2,(H,17,18). The number of carboxylic acid groups (broad SMARTS) is 1. The summed E-state index contributed by atoms with van der Waals surface area (Å²) in [6, 6.07) is 3.04. The van der Waals surface area contributed by atoms with Crippen LogP contribution in [0.15, 0.2) is 18.2 Å². The van der Waals surface area contributed by atoms with Gasteiger partial charge in [-0.3, -0.25) is 4.72 Å². The molecule has 0 saturated heterocycles. The molecule has 2 N–H and O–H groups in total. The number of hydrogen-bond donors (Lipinski definition) is 2. The monoisotopic (exact) mass is 315 g/mol. The van der Waals surface area contributed by atoms with Crippen molar-refractivity contribution in [3.05, 3.63) is 29.6 Å². The number of rotatable bonds is 5. The maximum Gasteiger partial charge on any atom is 0.335 e. The van der Waals surface area contributed by atoms with E-state index in [1.807, 2.05) is 0 Å². The summed E-state index contributed by atoms with van der Waals surface area (Å²) in [7, 11) is -3.68. The van der Waals surface area contributed by atoms with Gasteiger partial charge in [0.15, 0.2) is 0 Å². The predicted octanol–water partition coefficient (Wildman–Crippen LogP) is 2.85. The molecule has 0 radical (unpaired) electrons. The summed E-state index contributed by atoms with van der Waals surface area (Å²) in [5, 5.41) is 8.86. The summed E-state index contributed by atoms with van der Waals surface area (Å²) in [5.74, 6) is -1.99. The minimum atomic E-state index is -3.68. The van der Waals surface area contributed by atoms with E-state index in [1.54, 1.807) is 0 Å². The summed E-state index contributed by atoms with van der Waals surface area (Å²) in [6.45, 7) is 0. The maximum absolute atomic E-state index is 13.6. The molecule has 21 heavy (non-hydrogen) atoms. The quantitative estimate of drug-likeness (QED) is 0.875. The van der Waals surface area contributed by atoms with E-state index >= 15 is 0 Å². The first-order valence-electron chi connectivity index (χ1n) is 6.91. The smallest absolute Gasteiger partial charge is 0.335 e. The minimum absolute atomic E-state index is 0.0518. The number of carboxylic acids is 1. The van der Waals surface area contributed by atoms with E-state index < -0.39 is 21.8 Å². The molecule has 0 unspecified atom stereocenters. The van der Waals surface area contributed by atoms with Crippen LogP contribution in [0.3, 0.4) is 0 Å². The number of sulfonamides is 1. The lowest BCUT2D eigenvalue weighted by Gasteiger charge is -2.21. The van der Waals surface area contributed by atoms with Crippen LogP contribution in [0.2, 0.25) is 0 Å². The van der Waals surface area contributed by atoms with Crippen molar-refractivity contribution in [2.24, 2.45) is 5.92 Å². The fourth-order valence-electron chi connectivity index (χ4n) is 2.61. The Balaban J connectivity index is 2.12. The summed E-state index contributed by atoms with van der Waals surface area (Å²) < 4.78 is 39.9. The van der Waals surface area contributed by atoms with Gasteiger partial charge in [0, 0.05) is 0 Å². The number of hydrogen-bond acceptors (Lipinski definition) is 3. The molecule has 0 heterocycles. The van der Waals surface area contributed by atoms with E-state index in [2.05, 4.69) is 4.72 Å². The normalized spacial score (nSPS) is 16.6. The zero-order valence-electron chi connectivity index (χ0n) is 11.5. The van der Waals surface area contributed by atoms with Crippen LogP contribution >= 0.6 is 0 Å². The third kappa shape index (κ3) is 4.42. The Bertz CT molecular complexity index is 624. The lowest BCUT2D eigenvalue weighted by molar-refractivity contribution is 0.0697. The van der Waals surface area contributed by atoms with Crippen molar-refractivity contribution in [3.8, 4) is 0 Å². The van der Waals surface area contributed by atoms with E-state index in [-0.39, 0.29) is 22.9 Å². The van der Waals surface area contributed by atoms with Crippen LogP contribution in [0.5, 0.6) is 0 Å². The van der Waals surface area contributed by atoms with Gasteiger partial charge in [-0.25, -0.2) is 17.6 Å². The fourth-order valence-corrected chi connectivity index (χ4v) is 4.14. The molecule has 116 valence electrons. The molecule has 1 fully saturated rings. The van der Waals surface area contributed by atoms with Gasteiger partial charge in [-0.05, 0) is 37.0 Å². The van der Waals surface area contributed by atoms with Crippen molar-refractivity contribution in [2.75, 3.05) is 10.5 Å². The molecule has 0 aromatic heterocycles. The fraction of sp³-hybridized carbons (Fsp3) is 0.500. The minimum Gasteiger partial charge on any atom is -0.478 e. The van der Waals surface area contributed by atoms with Crippen LogP contribution in [-0.2, 0) is 10.0 Å². The molecule has 1 aliphatic carbocycles. The Morgan fingerprint density at radius 3 is 2.57 bits per heavy atom. The molecule has 0 spiro atoms. The molecule has 0 amide bonds. The molecule has 5 nitrogen and oxygen atoms in total. The first kappa shape index (κ1) is 15.8. The van der Waals surface area contributed by atoms with Crippen LogP contribution in [0.25, 0.3) is 0 Å². The van der Waals surface area contributed by atoms with Crippen molar-refractivity contribution < 1.29 is 22.7 Å². The Morgan fingerprint density at radius 1 is 1.29 bits per heavy atom. The molecule has 0 bridgehead atoms. The van der Waals surface area contributed by atoms with Gasteiger partial charge in [-0.15, -0.1) is 0 Å². The number of nitrogens with one attached hydrogen (secondary N) is 1. The zero-order valence-corrected chi connectivity index (χ0v) is 12.3. The summed E-state index contributed by atoms with van der Waals surface area (Å²) >= 11 is 0. The summed E-state index contributed by atoms with van der Waals surface area (Å²) in [6.07, 6.45) is 4.88. The van der Waals surface area contributed by atoms with Gasteiger partial charge in [0.1, 0.15) is 5.82 Å². The lowest BCUT2D eigenvalue weighted by atomic mass is 9.91. The van der Waals surface area contributed by atoms with Gasteiger partial charge < -0.3 is 5.11 Å². The molecule has 1 aromatic carbocycles. The van der Waals surface area contributed by atoms with Gasteiger partial charge in [-0.2, -0.15) is 0 Å². The molecular formula is C14H18FNO4S. The van der Waals surface area contributed by atoms with Gasteiger partial charge in [0.05, 0.1) is 17.0 Å². The van der Waals surface area contributed by atoms with Crippen molar-refractivity contribution in [3.63, 3.8) is 0 Å². The Morgan fingerprint density at radius 2 is 1.95 bits per heavy atom. The molecular weight excluding hydrogens is 297 g/mol. The molecule has 1 aliphatic rings. The highest BCUT2D eigenvalue weighted by molar-refractivity contribution is 7.92. The van der Waals surface area contributed by atoms with Gasteiger partial charge in [0.2, 0.25) is 10.0 Å². The van der Waals surface area contributed by atoms with Gasteiger partial charge in [0.25, 0.3) is 0 Å². The third-order valence-corrected chi connectivity index (χ3v) is 5.10. The zero-order chi connectivity index (χ0) is 15.5. The van der Waals surface area contributed by atoms with Crippen molar-refractivity contribution in [1.29, 1.82) is 0 Å². The maximum atomic E-state index is 13.6. The summed E-state index contributed by atoms with van der Waals surface area (Å²) in [5.41, 5.74) is -0.475. The molecule has 0 atom stereocenters. The second-order valence-corrected chi connectivity index (χ2v) is 7.15. The van der Waals surface area contributed by atoms with Gasteiger partial charge in [-0.1, -0.05) is 19.3 Å². The van der Waals surface area contributed by atoms with Crippen LogP contribution in [0.4, 0.5) is 10.1 Å². The first-order valence-corrected chi connectivity index (χ1v) is 8.56. The number of aromatic carboxylic acids is 1. The van der Waals surface area contributed by atoms with E-state index in [0.717, 1.165) is 50.3 Å². The highest BCUT2D eigenvalue weighted by Crippen LogP contribution is 2.26.